The fraction of sp³-hybridized carbons (Fsp3) is 0.130. The number of carbonyl (C=O) groups is 2. The fourth-order valence-corrected chi connectivity index (χ4v) is 5.77. The monoisotopic (exact) mass is 452 g/mol. The number of benzene rings is 3. The lowest BCUT2D eigenvalue weighted by molar-refractivity contribution is -0.116. The van der Waals surface area contributed by atoms with Crippen LogP contribution in [0.5, 0.6) is 0 Å². The molecule has 2 amide bonds. The van der Waals surface area contributed by atoms with E-state index in [0.717, 1.165) is 9.79 Å². The van der Waals surface area contributed by atoms with Gasteiger partial charge in [0, 0.05) is 15.5 Å². The van der Waals surface area contributed by atoms with Gasteiger partial charge in [0.1, 0.15) is 11.4 Å². The number of hydrogen-bond acceptors (Lipinski definition) is 5. The number of carbonyl (C=O) groups excluding carboxylic acids is 2. The number of fused-ring (bicyclic) bond motifs is 1. The molecular weight excluding hydrogens is 432 g/mol. The minimum absolute atomic E-state index is 0.0689. The normalized spacial score (nSPS) is 14.4. The second-order valence-electron chi connectivity index (χ2n) is 7.26. The summed E-state index contributed by atoms with van der Waals surface area (Å²) in [6, 6.07) is 19.5. The van der Waals surface area contributed by atoms with Crippen LogP contribution in [0, 0.1) is 13.8 Å². The maximum absolute atomic E-state index is 12.6. The van der Waals surface area contributed by atoms with E-state index in [1.807, 2.05) is 12.1 Å². The average molecular weight is 453 g/mol. The summed E-state index contributed by atoms with van der Waals surface area (Å²) in [6.07, 6.45) is 0. The van der Waals surface area contributed by atoms with Crippen LogP contribution in [-0.4, -0.2) is 31.1 Å². The number of aryl methyl sites for hydroxylation is 2. The highest BCUT2D eigenvalue weighted by Crippen LogP contribution is 2.32. The van der Waals surface area contributed by atoms with Gasteiger partial charge in [-0.05, 0) is 61.9 Å². The van der Waals surface area contributed by atoms with E-state index in [1.54, 1.807) is 36.0 Å². The molecule has 0 bridgehead atoms. The van der Waals surface area contributed by atoms with Gasteiger partial charge in [0.2, 0.25) is 5.91 Å². The second-order valence-corrected chi connectivity index (χ2v) is 10.2. The van der Waals surface area contributed by atoms with Crippen LogP contribution in [0.2, 0.25) is 0 Å². The summed E-state index contributed by atoms with van der Waals surface area (Å²) < 4.78 is 25.8. The summed E-state index contributed by atoms with van der Waals surface area (Å²) in [7, 11) is -4.01. The van der Waals surface area contributed by atoms with Gasteiger partial charge in [0.05, 0.1) is 5.56 Å². The van der Waals surface area contributed by atoms with Gasteiger partial charge in [-0.3, -0.25) is 9.59 Å². The molecule has 8 heteroatoms. The number of hydrogen-bond donors (Lipinski definition) is 1. The molecule has 6 nitrogen and oxygen atoms in total. The van der Waals surface area contributed by atoms with Crippen LogP contribution in [-0.2, 0) is 14.8 Å². The van der Waals surface area contributed by atoms with Crippen LogP contribution in [0.3, 0.4) is 0 Å². The molecule has 0 unspecified atom stereocenters. The molecule has 0 saturated heterocycles. The SMILES string of the molecule is Cc1ccc(Sc2ccc(NC(=O)CN3C(=O)c4ccccc4S3(=O)=O)cc2)c(C)c1. The molecule has 1 N–H and O–H groups in total. The molecule has 0 spiro atoms. The Labute approximate surface area is 185 Å². The van der Waals surface area contributed by atoms with Gasteiger partial charge < -0.3 is 5.32 Å². The predicted octanol–water partition coefficient (Wildman–Crippen LogP) is 4.24. The highest BCUT2D eigenvalue weighted by atomic mass is 32.2. The van der Waals surface area contributed by atoms with E-state index >= 15 is 0 Å². The van der Waals surface area contributed by atoms with Crippen molar-refractivity contribution in [2.45, 2.75) is 28.5 Å². The fourth-order valence-electron chi connectivity index (χ4n) is 3.37. The highest BCUT2D eigenvalue weighted by molar-refractivity contribution is 7.99. The van der Waals surface area contributed by atoms with Crippen LogP contribution in [0.1, 0.15) is 21.5 Å². The third-order valence-corrected chi connectivity index (χ3v) is 7.87. The molecule has 0 fully saturated rings. The molecule has 1 heterocycles. The third kappa shape index (κ3) is 4.22. The Morgan fingerprint density at radius 1 is 1.00 bits per heavy atom. The van der Waals surface area contributed by atoms with E-state index in [0.29, 0.717) is 9.99 Å². The molecule has 1 aliphatic heterocycles. The molecule has 0 aromatic heterocycles. The second kappa shape index (κ2) is 8.20. The lowest BCUT2D eigenvalue weighted by Gasteiger charge is -2.15. The van der Waals surface area contributed by atoms with Gasteiger partial charge in [-0.1, -0.05) is 41.6 Å². The van der Waals surface area contributed by atoms with Gasteiger partial charge in [-0.25, -0.2) is 12.7 Å². The molecule has 1 aliphatic rings. The smallest absolute Gasteiger partial charge is 0.269 e. The Balaban J connectivity index is 1.42. The summed E-state index contributed by atoms with van der Waals surface area (Å²) in [5.74, 6) is -1.27. The van der Waals surface area contributed by atoms with Gasteiger partial charge in [-0.15, -0.1) is 0 Å². The molecule has 158 valence electrons. The Kier molecular flexibility index (Phi) is 5.60. The van der Waals surface area contributed by atoms with Gasteiger partial charge >= 0.3 is 0 Å². The zero-order valence-electron chi connectivity index (χ0n) is 17.0. The summed E-state index contributed by atoms with van der Waals surface area (Å²) in [6.45, 7) is 3.55. The number of sulfonamides is 1. The topological polar surface area (TPSA) is 83.6 Å². The van der Waals surface area contributed by atoms with E-state index < -0.39 is 28.4 Å². The Bertz CT molecular complexity index is 1290. The summed E-state index contributed by atoms with van der Waals surface area (Å²) >= 11 is 1.62. The van der Waals surface area contributed by atoms with E-state index in [2.05, 4.69) is 37.4 Å². The summed E-state index contributed by atoms with van der Waals surface area (Å²) in [4.78, 5) is 27.0. The maximum atomic E-state index is 12.6. The summed E-state index contributed by atoms with van der Waals surface area (Å²) in [5.41, 5.74) is 3.01. The lowest BCUT2D eigenvalue weighted by atomic mass is 10.2. The van der Waals surface area contributed by atoms with Crippen molar-refractivity contribution in [3.05, 3.63) is 83.4 Å². The largest absolute Gasteiger partial charge is 0.325 e. The van der Waals surface area contributed by atoms with E-state index in [1.165, 1.54) is 23.3 Å². The van der Waals surface area contributed by atoms with Crippen molar-refractivity contribution in [3.63, 3.8) is 0 Å². The van der Waals surface area contributed by atoms with Crippen molar-refractivity contribution in [2.75, 3.05) is 11.9 Å². The van der Waals surface area contributed by atoms with Crippen molar-refractivity contribution >= 4 is 39.3 Å². The first-order valence-corrected chi connectivity index (χ1v) is 11.8. The van der Waals surface area contributed by atoms with Crippen LogP contribution in [0.15, 0.2) is 81.4 Å². The van der Waals surface area contributed by atoms with Crippen molar-refractivity contribution in [1.82, 2.24) is 4.31 Å². The molecule has 0 radical (unpaired) electrons. The van der Waals surface area contributed by atoms with Gasteiger partial charge in [0.25, 0.3) is 15.9 Å². The van der Waals surface area contributed by atoms with E-state index in [-0.39, 0.29) is 10.5 Å². The number of rotatable bonds is 5. The van der Waals surface area contributed by atoms with Crippen LogP contribution in [0.25, 0.3) is 0 Å². The quantitative estimate of drug-likeness (QED) is 0.626. The minimum Gasteiger partial charge on any atom is -0.325 e. The Hall–Kier alpha value is -3.10. The van der Waals surface area contributed by atoms with E-state index in [9.17, 15) is 18.0 Å². The zero-order valence-corrected chi connectivity index (χ0v) is 18.6. The maximum Gasteiger partial charge on any atom is 0.269 e. The zero-order chi connectivity index (χ0) is 22.2. The summed E-state index contributed by atoms with van der Waals surface area (Å²) in [5, 5.41) is 2.66. The average Bonchev–Trinajstić information content (AvgIpc) is 2.92. The Morgan fingerprint density at radius 2 is 1.71 bits per heavy atom. The molecule has 0 saturated carbocycles. The van der Waals surface area contributed by atoms with Crippen molar-refractivity contribution in [2.24, 2.45) is 0 Å². The van der Waals surface area contributed by atoms with Gasteiger partial charge in [0.15, 0.2) is 0 Å². The molecule has 3 aromatic carbocycles. The molecule has 0 atom stereocenters. The molecule has 0 aliphatic carbocycles. The minimum atomic E-state index is -4.01. The van der Waals surface area contributed by atoms with Crippen LogP contribution in [0.4, 0.5) is 5.69 Å². The lowest BCUT2D eigenvalue weighted by Crippen LogP contribution is -2.37. The van der Waals surface area contributed by atoms with Crippen molar-refractivity contribution in [3.8, 4) is 0 Å². The molecule has 4 rings (SSSR count). The van der Waals surface area contributed by atoms with Gasteiger partial charge in [-0.2, -0.15) is 0 Å². The first kappa shape index (κ1) is 21.1. The molecule has 31 heavy (non-hydrogen) atoms. The van der Waals surface area contributed by atoms with Crippen molar-refractivity contribution < 1.29 is 18.0 Å². The van der Waals surface area contributed by atoms with E-state index in [4.69, 9.17) is 0 Å². The van der Waals surface area contributed by atoms with Crippen molar-refractivity contribution in [1.29, 1.82) is 0 Å². The molecule has 3 aromatic rings. The Morgan fingerprint density at radius 3 is 2.39 bits per heavy atom. The number of anilines is 1. The first-order chi connectivity index (χ1) is 14.8. The standard InChI is InChI=1S/C23H20N2O4S2/c1-15-7-12-20(16(2)13-15)30-18-10-8-17(9-11-18)24-22(26)14-25-23(27)19-5-3-4-6-21(19)31(25,28)29/h3-13H,14H2,1-2H3,(H,24,26). The van der Waals surface area contributed by atoms with Crippen LogP contribution < -0.4 is 5.32 Å². The molecular formula is C23H20N2O4S2. The number of nitrogens with one attached hydrogen (secondary N) is 1. The van der Waals surface area contributed by atoms with Crippen LogP contribution >= 0.6 is 11.8 Å². The number of amides is 2. The predicted molar refractivity (Wildman–Crippen MR) is 120 cm³/mol. The number of nitrogens with zero attached hydrogens (tertiary/aromatic N) is 1. The first-order valence-electron chi connectivity index (χ1n) is 9.57. The third-order valence-electron chi connectivity index (χ3n) is 4.90. The highest BCUT2D eigenvalue weighted by Gasteiger charge is 2.41.